The van der Waals surface area contributed by atoms with E-state index in [0.717, 1.165) is 28.2 Å². The van der Waals surface area contributed by atoms with Gasteiger partial charge in [-0.2, -0.15) is 0 Å². The number of imidazole rings is 1. The van der Waals surface area contributed by atoms with Crippen LogP contribution in [0.25, 0.3) is 0 Å². The smallest absolute Gasteiger partial charge is 0.168 e. The van der Waals surface area contributed by atoms with Crippen molar-refractivity contribution in [1.82, 2.24) is 14.5 Å². The molecule has 1 aliphatic carbocycles. The maximum absolute atomic E-state index is 9.11. The molecule has 18 heavy (non-hydrogen) atoms. The van der Waals surface area contributed by atoms with Crippen molar-refractivity contribution in [2.75, 3.05) is 0 Å². The fraction of sp³-hybridized carbons (Fsp3) is 0.500. The summed E-state index contributed by atoms with van der Waals surface area (Å²) in [6.45, 7) is 0.0343. The molecule has 1 fully saturated rings. The van der Waals surface area contributed by atoms with Gasteiger partial charge < -0.3 is 9.67 Å². The third kappa shape index (κ3) is 2.46. The third-order valence-electron chi connectivity index (χ3n) is 3.05. The molecule has 1 saturated carbocycles. The maximum Gasteiger partial charge on any atom is 0.168 e. The van der Waals surface area contributed by atoms with Crippen LogP contribution in [0.3, 0.4) is 0 Å². The molecule has 6 heteroatoms. The van der Waals surface area contributed by atoms with Crippen molar-refractivity contribution in [2.45, 2.75) is 36.3 Å². The number of aromatic nitrogens is 3. The minimum absolute atomic E-state index is 0.0343. The Hall–Kier alpha value is -0.850. The summed E-state index contributed by atoms with van der Waals surface area (Å²) in [5.41, 5.74) is 1.98. The number of hydrogen-bond donors (Lipinski definition) is 1. The largest absolute Gasteiger partial charge is 0.390 e. The summed E-state index contributed by atoms with van der Waals surface area (Å²) in [6.07, 6.45) is 4.33. The van der Waals surface area contributed by atoms with Crippen LogP contribution in [-0.4, -0.2) is 19.6 Å². The number of nitrogens with zero attached hydrogens (tertiary/aromatic N) is 3. The highest BCUT2D eigenvalue weighted by Crippen LogP contribution is 2.41. The van der Waals surface area contributed by atoms with Gasteiger partial charge in [0.1, 0.15) is 0 Å². The Balaban J connectivity index is 1.63. The molecule has 0 atom stereocenters. The van der Waals surface area contributed by atoms with Crippen molar-refractivity contribution in [1.29, 1.82) is 0 Å². The van der Waals surface area contributed by atoms with Crippen LogP contribution in [0, 0.1) is 0 Å². The van der Waals surface area contributed by atoms with E-state index in [4.69, 9.17) is 5.11 Å². The molecule has 4 nitrogen and oxygen atoms in total. The van der Waals surface area contributed by atoms with Gasteiger partial charge in [-0.3, -0.25) is 0 Å². The van der Waals surface area contributed by atoms with Crippen molar-refractivity contribution in [3.8, 4) is 0 Å². The highest BCUT2D eigenvalue weighted by atomic mass is 32.2. The predicted octanol–water partition coefficient (Wildman–Crippen LogP) is 2.54. The molecule has 2 aromatic rings. The van der Waals surface area contributed by atoms with Crippen LogP contribution in [0.4, 0.5) is 0 Å². The Morgan fingerprint density at radius 2 is 2.39 bits per heavy atom. The van der Waals surface area contributed by atoms with Gasteiger partial charge in [0.15, 0.2) is 5.16 Å². The summed E-state index contributed by atoms with van der Waals surface area (Å²) in [6, 6.07) is 0. The van der Waals surface area contributed by atoms with E-state index in [9.17, 15) is 0 Å². The van der Waals surface area contributed by atoms with Gasteiger partial charge in [0.25, 0.3) is 0 Å². The summed E-state index contributed by atoms with van der Waals surface area (Å²) in [4.78, 5) is 8.95. The van der Waals surface area contributed by atoms with Gasteiger partial charge in [0.2, 0.25) is 0 Å². The van der Waals surface area contributed by atoms with Crippen molar-refractivity contribution in [3.05, 3.63) is 28.0 Å². The van der Waals surface area contributed by atoms with Gasteiger partial charge in [0.05, 0.1) is 29.2 Å². The summed E-state index contributed by atoms with van der Waals surface area (Å²) in [5.74, 6) is 1.58. The first-order chi connectivity index (χ1) is 8.78. The second-order valence-corrected chi connectivity index (χ2v) is 6.32. The molecule has 1 aliphatic rings. The number of rotatable bonds is 5. The molecule has 0 unspecified atom stereocenters. The summed E-state index contributed by atoms with van der Waals surface area (Å²) in [7, 11) is 1.93. The number of thiazole rings is 1. The first-order valence-corrected chi connectivity index (χ1v) is 7.83. The highest BCUT2D eigenvalue weighted by Gasteiger charge is 2.26. The van der Waals surface area contributed by atoms with E-state index in [1.54, 1.807) is 29.3 Å². The lowest BCUT2D eigenvalue weighted by molar-refractivity contribution is 0.271. The number of thioether (sulfide) groups is 1. The monoisotopic (exact) mass is 281 g/mol. The second-order valence-electron chi connectivity index (χ2n) is 4.49. The van der Waals surface area contributed by atoms with E-state index in [2.05, 4.69) is 15.3 Å². The molecule has 0 saturated heterocycles. The summed E-state index contributed by atoms with van der Waals surface area (Å²) < 4.78 is 1.93. The molecule has 0 amide bonds. The van der Waals surface area contributed by atoms with Crippen molar-refractivity contribution in [3.63, 3.8) is 0 Å². The molecule has 2 heterocycles. The fourth-order valence-electron chi connectivity index (χ4n) is 1.75. The van der Waals surface area contributed by atoms with Gasteiger partial charge in [-0.1, -0.05) is 11.8 Å². The Labute approximate surface area is 114 Å². The zero-order valence-electron chi connectivity index (χ0n) is 10.2. The molecule has 0 bridgehead atoms. The van der Waals surface area contributed by atoms with E-state index < -0.39 is 0 Å². The van der Waals surface area contributed by atoms with E-state index in [1.165, 1.54) is 17.8 Å². The molecular formula is C12H15N3OS2. The average Bonchev–Trinajstić information content (AvgIpc) is 3.02. The van der Waals surface area contributed by atoms with Crippen LogP contribution in [0.15, 0.2) is 16.7 Å². The van der Waals surface area contributed by atoms with E-state index in [0.29, 0.717) is 0 Å². The van der Waals surface area contributed by atoms with E-state index >= 15 is 0 Å². The second kappa shape index (κ2) is 5.03. The zero-order valence-corrected chi connectivity index (χ0v) is 11.8. The van der Waals surface area contributed by atoms with Crippen LogP contribution < -0.4 is 0 Å². The van der Waals surface area contributed by atoms with Gasteiger partial charge in [0, 0.05) is 24.1 Å². The molecule has 0 radical (unpaired) electrons. The minimum atomic E-state index is 0.0343. The maximum atomic E-state index is 9.11. The number of aliphatic hydroxyl groups is 1. The summed E-state index contributed by atoms with van der Waals surface area (Å²) in [5, 5.41) is 13.5. The summed E-state index contributed by atoms with van der Waals surface area (Å²) >= 11 is 3.44. The predicted molar refractivity (Wildman–Crippen MR) is 72.8 cm³/mol. The Morgan fingerprint density at radius 1 is 1.56 bits per heavy atom. The Bertz CT molecular complexity index is 545. The van der Waals surface area contributed by atoms with Gasteiger partial charge in [-0.05, 0) is 12.8 Å². The van der Waals surface area contributed by atoms with E-state index in [1.807, 2.05) is 11.6 Å². The van der Waals surface area contributed by atoms with Crippen LogP contribution >= 0.6 is 23.1 Å². The van der Waals surface area contributed by atoms with Crippen LogP contribution in [-0.2, 0) is 19.4 Å². The molecular weight excluding hydrogens is 266 g/mol. The van der Waals surface area contributed by atoms with Crippen molar-refractivity contribution >= 4 is 23.1 Å². The fourth-order valence-corrected chi connectivity index (χ4v) is 3.71. The third-order valence-corrected chi connectivity index (χ3v) is 5.18. The van der Waals surface area contributed by atoms with Crippen LogP contribution in [0.5, 0.6) is 0 Å². The first-order valence-electron chi connectivity index (χ1n) is 5.96. The molecule has 96 valence electrons. The zero-order chi connectivity index (χ0) is 12.5. The van der Waals surface area contributed by atoms with Crippen LogP contribution in [0.1, 0.15) is 35.2 Å². The van der Waals surface area contributed by atoms with Gasteiger partial charge in [-0.15, -0.1) is 11.3 Å². The van der Waals surface area contributed by atoms with Crippen molar-refractivity contribution in [2.24, 2.45) is 7.05 Å². The Morgan fingerprint density at radius 3 is 3.06 bits per heavy atom. The molecule has 0 aliphatic heterocycles. The molecule has 0 spiro atoms. The molecule has 0 aromatic carbocycles. The first kappa shape index (κ1) is 12.2. The number of aliphatic hydroxyl groups excluding tert-OH is 1. The van der Waals surface area contributed by atoms with Gasteiger partial charge >= 0.3 is 0 Å². The average molecular weight is 281 g/mol. The lowest BCUT2D eigenvalue weighted by atomic mass is 10.4. The van der Waals surface area contributed by atoms with E-state index in [-0.39, 0.29) is 6.61 Å². The molecule has 3 rings (SSSR count). The van der Waals surface area contributed by atoms with Crippen molar-refractivity contribution < 1.29 is 5.11 Å². The SMILES string of the molecule is Cn1c(CO)cnc1SCc1csc(C2CC2)n1. The van der Waals surface area contributed by atoms with Gasteiger partial charge in [-0.25, -0.2) is 9.97 Å². The minimum Gasteiger partial charge on any atom is -0.390 e. The normalized spacial score (nSPS) is 15.2. The topological polar surface area (TPSA) is 50.9 Å². The molecule has 1 N–H and O–H groups in total. The lowest BCUT2D eigenvalue weighted by Crippen LogP contribution is -1.97. The quantitative estimate of drug-likeness (QED) is 0.856. The number of hydrogen-bond acceptors (Lipinski definition) is 5. The molecule has 2 aromatic heterocycles. The van der Waals surface area contributed by atoms with Crippen LogP contribution in [0.2, 0.25) is 0 Å². The lowest BCUT2D eigenvalue weighted by Gasteiger charge is -2.02. The Kier molecular flexibility index (Phi) is 3.41. The standard InChI is InChI=1S/C12H15N3OS2/c1-15-10(5-16)4-13-12(15)18-7-9-6-17-11(14-9)8-2-3-8/h4,6,8,16H,2-3,5,7H2,1H3. The highest BCUT2D eigenvalue weighted by molar-refractivity contribution is 7.98.